The summed E-state index contributed by atoms with van der Waals surface area (Å²) in [6.45, 7) is -0.863. The fourth-order valence-electron chi connectivity index (χ4n) is 1.85. The minimum Gasteiger partial charge on any atom is -0.480 e. The Hall–Kier alpha value is -3.75. The zero-order chi connectivity index (χ0) is 20.7. The summed E-state index contributed by atoms with van der Waals surface area (Å²) < 4.78 is 41.5. The second-order valence-corrected chi connectivity index (χ2v) is 5.00. The molecular formula is C15H14F3N5O4. The molecule has 2 amide bonds. The van der Waals surface area contributed by atoms with E-state index < -0.39 is 65.0 Å². The Morgan fingerprint density at radius 3 is 2.44 bits per heavy atom. The van der Waals surface area contributed by atoms with Gasteiger partial charge in [-0.1, -0.05) is 0 Å². The summed E-state index contributed by atoms with van der Waals surface area (Å²) in [6, 6.07) is -1.07. The zero-order valence-corrected chi connectivity index (χ0v) is 13.5. The Balaban J connectivity index is 2.93. The molecule has 1 rings (SSSR count). The van der Waals surface area contributed by atoms with Crippen LogP contribution < -0.4 is 21.7 Å². The zero-order valence-electron chi connectivity index (χ0n) is 13.5. The summed E-state index contributed by atoms with van der Waals surface area (Å²) >= 11 is 0. The van der Waals surface area contributed by atoms with Crippen LogP contribution in [0.25, 0.3) is 0 Å². The first kappa shape index (κ1) is 21.3. The number of hydrogen-bond acceptors (Lipinski definition) is 4. The van der Waals surface area contributed by atoms with Crippen LogP contribution in [-0.4, -0.2) is 41.4 Å². The lowest BCUT2D eigenvalue weighted by Crippen LogP contribution is -2.45. The van der Waals surface area contributed by atoms with E-state index in [1.165, 1.54) is 0 Å². The minimum absolute atomic E-state index is 0.331. The molecule has 0 aliphatic heterocycles. The van der Waals surface area contributed by atoms with Crippen LogP contribution in [0.3, 0.4) is 0 Å². The number of benzene rings is 1. The fourth-order valence-corrected chi connectivity index (χ4v) is 1.85. The molecule has 0 bridgehead atoms. The number of carboxylic acids is 1. The summed E-state index contributed by atoms with van der Waals surface area (Å²) in [6.07, 6.45) is 4.62. The van der Waals surface area contributed by atoms with Crippen LogP contribution in [0.4, 0.5) is 18.9 Å². The molecule has 27 heavy (non-hydrogen) atoms. The number of anilines is 1. The Kier molecular flexibility index (Phi) is 7.17. The van der Waals surface area contributed by atoms with Gasteiger partial charge in [0.05, 0.1) is 12.2 Å². The number of guanidine groups is 1. The first-order valence-corrected chi connectivity index (χ1v) is 7.10. The highest BCUT2D eigenvalue weighted by Gasteiger charge is 2.26. The van der Waals surface area contributed by atoms with Gasteiger partial charge in [0.2, 0.25) is 5.91 Å². The molecule has 1 atom stereocenters. The van der Waals surface area contributed by atoms with E-state index in [0.717, 1.165) is 0 Å². The van der Waals surface area contributed by atoms with Gasteiger partial charge in [-0.3, -0.25) is 15.0 Å². The van der Waals surface area contributed by atoms with E-state index in [4.69, 9.17) is 22.7 Å². The third-order valence-corrected chi connectivity index (χ3v) is 3.02. The second-order valence-electron chi connectivity index (χ2n) is 5.00. The highest BCUT2D eigenvalue weighted by atomic mass is 19.2. The van der Waals surface area contributed by atoms with Crippen molar-refractivity contribution in [2.75, 3.05) is 11.9 Å². The van der Waals surface area contributed by atoms with Gasteiger partial charge < -0.3 is 26.8 Å². The molecule has 1 unspecified atom stereocenters. The number of nitrogens with two attached hydrogens (primary N) is 1. The van der Waals surface area contributed by atoms with Crippen LogP contribution in [-0.2, 0) is 9.59 Å². The van der Waals surface area contributed by atoms with Gasteiger partial charge in [-0.25, -0.2) is 18.0 Å². The molecule has 0 aromatic heterocycles. The molecule has 0 saturated heterocycles. The molecule has 12 heteroatoms. The molecule has 0 heterocycles. The lowest BCUT2D eigenvalue weighted by molar-refractivity contribution is -0.141. The molecule has 7 N–H and O–H groups in total. The molecule has 9 nitrogen and oxygen atoms in total. The Morgan fingerprint density at radius 1 is 1.30 bits per heavy atom. The molecule has 0 saturated carbocycles. The first-order valence-electron chi connectivity index (χ1n) is 7.10. The molecule has 0 aliphatic carbocycles. The van der Waals surface area contributed by atoms with E-state index in [9.17, 15) is 27.6 Å². The minimum atomic E-state index is -1.82. The number of carboxylic acid groups (broad SMARTS) is 1. The average molecular weight is 385 g/mol. The predicted molar refractivity (Wildman–Crippen MR) is 87.2 cm³/mol. The summed E-state index contributed by atoms with van der Waals surface area (Å²) in [5.74, 6) is -7.65. The maximum atomic E-state index is 14.2. The van der Waals surface area contributed by atoms with Crippen LogP contribution in [0.15, 0.2) is 6.07 Å². The average Bonchev–Trinajstić information content (AvgIpc) is 2.57. The molecule has 0 spiro atoms. The molecule has 0 aliphatic rings. The Bertz CT molecular complexity index is 838. The van der Waals surface area contributed by atoms with E-state index in [-0.39, 0.29) is 6.42 Å². The Labute approximate surface area is 150 Å². The molecule has 0 radical (unpaired) electrons. The number of terminal acetylenes is 1. The van der Waals surface area contributed by atoms with Gasteiger partial charge >= 0.3 is 5.97 Å². The largest absolute Gasteiger partial charge is 0.480 e. The normalized spacial score (nSPS) is 11.0. The number of amides is 2. The van der Waals surface area contributed by atoms with Crippen LogP contribution in [0, 0.1) is 35.2 Å². The van der Waals surface area contributed by atoms with E-state index in [1.807, 2.05) is 21.9 Å². The number of hydrogen-bond donors (Lipinski definition) is 6. The van der Waals surface area contributed by atoms with Crippen LogP contribution in [0.2, 0.25) is 0 Å². The van der Waals surface area contributed by atoms with E-state index in [1.54, 1.807) is 0 Å². The van der Waals surface area contributed by atoms with Gasteiger partial charge in [-0.15, -0.1) is 12.3 Å². The highest BCUT2D eigenvalue weighted by Crippen LogP contribution is 2.24. The lowest BCUT2D eigenvalue weighted by Gasteiger charge is -2.14. The topological polar surface area (TPSA) is 157 Å². The quantitative estimate of drug-likeness (QED) is 0.164. The van der Waals surface area contributed by atoms with Crippen molar-refractivity contribution in [1.29, 1.82) is 5.41 Å². The van der Waals surface area contributed by atoms with Crippen molar-refractivity contribution in [3.05, 3.63) is 29.1 Å². The maximum absolute atomic E-state index is 14.2. The monoisotopic (exact) mass is 385 g/mol. The summed E-state index contributed by atoms with van der Waals surface area (Å²) in [5, 5.41) is 21.5. The predicted octanol–water partition coefficient (Wildman–Crippen LogP) is -0.268. The smallest absolute Gasteiger partial charge is 0.327 e. The summed E-state index contributed by atoms with van der Waals surface area (Å²) in [5.41, 5.74) is 2.85. The first-order chi connectivity index (χ1) is 12.6. The van der Waals surface area contributed by atoms with Crippen molar-refractivity contribution in [2.45, 2.75) is 12.5 Å². The van der Waals surface area contributed by atoms with Crippen LogP contribution >= 0.6 is 0 Å². The van der Waals surface area contributed by atoms with Gasteiger partial charge in [0, 0.05) is 12.5 Å². The van der Waals surface area contributed by atoms with Crippen LogP contribution in [0.1, 0.15) is 16.8 Å². The molecular weight excluding hydrogens is 371 g/mol. The number of nitrogens with one attached hydrogen (secondary N) is 4. The fraction of sp³-hybridized carbons (Fsp3) is 0.200. The molecule has 1 aromatic carbocycles. The highest BCUT2D eigenvalue weighted by molar-refractivity contribution is 5.99. The molecule has 144 valence electrons. The maximum Gasteiger partial charge on any atom is 0.327 e. The van der Waals surface area contributed by atoms with Crippen molar-refractivity contribution in [3.8, 4) is 12.3 Å². The van der Waals surface area contributed by atoms with Crippen molar-refractivity contribution in [1.82, 2.24) is 10.6 Å². The number of rotatable bonds is 7. The van der Waals surface area contributed by atoms with Gasteiger partial charge in [0.25, 0.3) is 5.91 Å². The summed E-state index contributed by atoms with van der Waals surface area (Å²) in [7, 11) is 0. The summed E-state index contributed by atoms with van der Waals surface area (Å²) in [4.78, 5) is 34.4. The van der Waals surface area contributed by atoms with E-state index in [0.29, 0.717) is 6.07 Å². The van der Waals surface area contributed by atoms with Gasteiger partial charge in [-0.05, 0) is 0 Å². The van der Waals surface area contributed by atoms with Crippen molar-refractivity contribution in [2.24, 2.45) is 5.73 Å². The van der Waals surface area contributed by atoms with Gasteiger partial charge in [0.15, 0.2) is 23.4 Å². The third-order valence-electron chi connectivity index (χ3n) is 3.02. The van der Waals surface area contributed by atoms with Gasteiger partial charge in [-0.2, -0.15) is 0 Å². The van der Waals surface area contributed by atoms with E-state index in [2.05, 4.69) is 0 Å². The number of carbonyl (C=O) groups is 3. The molecule has 0 fully saturated rings. The Morgan fingerprint density at radius 2 is 1.93 bits per heavy atom. The third kappa shape index (κ3) is 5.63. The van der Waals surface area contributed by atoms with E-state index >= 15 is 0 Å². The number of halogens is 3. The number of aliphatic carboxylic acids is 1. The standard InChI is InChI=1S/C15H14F3N5O4/c1-2-3-7(14(26)27)22-9(24)5-21-13(25)10-11(17)6(16)4-8(12(10)18)23-15(19)20/h1,4,7H,3,5H2,(H,21,25)(H,22,24)(H,26,27)(H4,19,20,23). The molecule has 1 aromatic rings. The number of carbonyl (C=O) groups excluding carboxylic acids is 2. The second kappa shape index (κ2) is 9.09. The van der Waals surface area contributed by atoms with Crippen molar-refractivity contribution in [3.63, 3.8) is 0 Å². The van der Waals surface area contributed by atoms with Gasteiger partial charge in [0.1, 0.15) is 11.6 Å². The van der Waals surface area contributed by atoms with Crippen molar-refractivity contribution < 1.29 is 32.7 Å². The lowest BCUT2D eigenvalue weighted by atomic mass is 10.1. The SMILES string of the molecule is C#CCC(NC(=O)CNC(=O)c1c(F)c(F)cc(NC(=N)N)c1F)C(=O)O. The van der Waals surface area contributed by atoms with Crippen LogP contribution in [0.5, 0.6) is 0 Å². The van der Waals surface area contributed by atoms with Crippen molar-refractivity contribution >= 4 is 29.4 Å².